The summed E-state index contributed by atoms with van der Waals surface area (Å²) in [6.45, 7) is 6.84. The van der Waals surface area contributed by atoms with Gasteiger partial charge in [0.25, 0.3) is 0 Å². The van der Waals surface area contributed by atoms with Gasteiger partial charge in [0.05, 0.1) is 18.3 Å². The van der Waals surface area contributed by atoms with Gasteiger partial charge < -0.3 is 10.6 Å². The second-order valence-electron chi connectivity index (χ2n) is 7.04. The summed E-state index contributed by atoms with van der Waals surface area (Å²) < 4.78 is 0.707. The molecule has 3 aliphatic heterocycles. The normalized spacial score (nSPS) is 25.4. The van der Waals surface area contributed by atoms with Gasteiger partial charge in [-0.05, 0) is 58.3 Å². The standard InChI is InChI=1S/C19H26N5/c1-15-19-16(14-21-22-15)18(20)17-8-2-6-12-24(17,19)13-7-5-11-23-9-3-4-10-23/h2,6,8,12,14H,3-5,7,9-11,13,20H2,1H3/q+1. The van der Waals surface area contributed by atoms with Crippen LogP contribution < -0.4 is 10.2 Å². The van der Waals surface area contributed by atoms with Crippen LogP contribution in [0.1, 0.15) is 36.9 Å². The van der Waals surface area contributed by atoms with Crippen molar-refractivity contribution < 1.29 is 0 Å². The molecule has 1 aromatic rings. The third-order valence-corrected chi connectivity index (χ3v) is 5.53. The maximum absolute atomic E-state index is 6.46. The number of rotatable bonds is 5. The van der Waals surface area contributed by atoms with Crippen molar-refractivity contribution in [3.05, 3.63) is 47.6 Å². The minimum atomic E-state index is 0.707. The zero-order chi connectivity index (χ0) is 16.6. The molecular weight excluding hydrogens is 298 g/mol. The molecule has 4 rings (SSSR count). The van der Waals surface area contributed by atoms with Gasteiger partial charge in [0.1, 0.15) is 17.6 Å². The quantitative estimate of drug-likeness (QED) is 0.668. The molecule has 5 nitrogen and oxygen atoms in total. The van der Waals surface area contributed by atoms with E-state index in [1.807, 2.05) is 13.1 Å². The molecule has 0 aromatic carbocycles. The molecule has 5 heteroatoms. The number of hydrogen-bond donors (Lipinski definition) is 1. The molecule has 1 aromatic heterocycles. The Kier molecular flexibility index (Phi) is 3.98. The Labute approximate surface area is 143 Å². The summed E-state index contributed by atoms with van der Waals surface area (Å²) >= 11 is 0. The van der Waals surface area contributed by atoms with Crippen LogP contribution in [0.25, 0.3) is 5.70 Å². The highest BCUT2D eigenvalue weighted by molar-refractivity contribution is 5.87. The van der Waals surface area contributed by atoms with Crippen molar-refractivity contribution >= 4 is 11.4 Å². The molecule has 1 fully saturated rings. The van der Waals surface area contributed by atoms with Crippen molar-refractivity contribution in [2.75, 3.05) is 26.2 Å². The van der Waals surface area contributed by atoms with Crippen molar-refractivity contribution in [2.45, 2.75) is 32.6 Å². The molecule has 1 atom stereocenters. The van der Waals surface area contributed by atoms with Crippen LogP contribution in [0.5, 0.6) is 0 Å². The highest BCUT2D eigenvalue weighted by Crippen LogP contribution is 2.46. The molecule has 0 radical (unpaired) electrons. The summed E-state index contributed by atoms with van der Waals surface area (Å²) in [5.74, 6) is 0. The van der Waals surface area contributed by atoms with Crippen LogP contribution in [0.4, 0.5) is 5.69 Å². The van der Waals surface area contributed by atoms with Crippen molar-refractivity contribution in [1.82, 2.24) is 19.6 Å². The number of aromatic nitrogens is 2. The molecule has 1 saturated heterocycles. The van der Waals surface area contributed by atoms with Gasteiger partial charge in [-0.25, -0.2) is 4.48 Å². The largest absolute Gasteiger partial charge is 0.393 e. The Morgan fingerprint density at radius 1 is 1.21 bits per heavy atom. The number of nitrogens with two attached hydrogens (primary N) is 1. The number of fused-ring (bicyclic) bond motifs is 3. The number of quaternary nitrogens is 1. The Balaban J connectivity index is 1.57. The SMILES string of the molecule is Cc1nncc2c1[N+]1(CCCCN3CCCC3)C=CC=CC1=C2N. The number of unbranched alkanes of at least 4 members (excludes halogenated alkanes) is 1. The number of likely N-dealkylation sites (tertiary alicyclic amines) is 1. The molecule has 0 amide bonds. The lowest BCUT2D eigenvalue weighted by molar-refractivity contribution is 0.321. The molecule has 3 aliphatic rings. The summed E-state index contributed by atoms with van der Waals surface area (Å²) in [7, 11) is 0. The summed E-state index contributed by atoms with van der Waals surface area (Å²) in [5.41, 5.74) is 11.7. The van der Waals surface area contributed by atoms with E-state index in [0.29, 0.717) is 4.48 Å². The monoisotopic (exact) mass is 324 g/mol. The Bertz CT molecular complexity index is 727. The maximum Gasteiger partial charge on any atom is 0.177 e. The Morgan fingerprint density at radius 3 is 2.88 bits per heavy atom. The fourth-order valence-corrected chi connectivity index (χ4v) is 4.38. The van der Waals surface area contributed by atoms with Crippen molar-refractivity contribution in [1.29, 1.82) is 0 Å². The lowest BCUT2D eigenvalue weighted by Gasteiger charge is -2.33. The smallest absolute Gasteiger partial charge is 0.177 e. The third kappa shape index (κ3) is 2.39. The molecule has 24 heavy (non-hydrogen) atoms. The highest BCUT2D eigenvalue weighted by atomic mass is 15.4. The van der Waals surface area contributed by atoms with Gasteiger partial charge in [0.15, 0.2) is 11.4 Å². The number of allylic oxidation sites excluding steroid dienone is 3. The van der Waals surface area contributed by atoms with Crippen LogP contribution in [0.3, 0.4) is 0 Å². The van der Waals surface area contributed by atoms with Crippen molar-refractivity contribution in [2.24, 2.45) is 5.73 Å². The molecule has 0 saturated carbocycles. The molecular formula is C19H26N5+. The van der Waals surface area contributed by atoms with Gasteiger partial charge in [-0.3, -0.25) is 0 Å². The summed E-state index contributed by atoms with van der Waals surface area (Å²) in [4.78, 5) is 2.59. The average Bonchev–Trinajstić information content (AvgIpc) is 3.19. The second-order valence-corrected chi connectivity index (χ2v) is 7.04. The first-order valence-electron chi connectivity index (χ1n) is 9.02. The predicted octanol–water partition coefficient (Wildman–Crippen LogP) is 2.69. The average molecular weight is 324 g/mol. The minimum Gasteiger partial charge on any atom is -0.393 e. The zero-order valence-electron chi connectivity index (χ0n) is 14.4. The van der Waals surface area contributed by atoms with Crippen molar-refractivity contribution in [3.63, 3.8) is 0 Å². The van der Waals surface area contributed by atoms with Crippen LogP contribution in [-0.2, 0) is 0 Å². The van der Waals surface area contributed by atoms with Crippen LogP contribution in [0.2, 0.25) is 0 Å². The molecule has 0 aliphatic carbocycles. The summed E-state index contributed by atoms with van der Waals surface area (Å²) in [6, 6.07) is 0. The van der Waals surface area contributed by atoms with E-state index < -0.39 is 0 Å². The summed E-state index contributed by atoms with van der Waals surface area (Å²) in [6.07, 6.45) is 15.6. The van der Waals surface area contributed by atoms with Gasteiger partial charge in [-0.1, -0.05) is 6.08 Å². The summed E-state index contributed by atoms with van der Waals surface area (Å²) in [5, 5.41) is 8.41. The first-order chi connectivity index (χ1) is 11.7. The molecule has 4 heterocycles. The molecule has 0 bridgehead atoms. The second kappa shape index (κ2) is 6.15. The van der Waals surface area contributed by atoms with Gasteiger partial charge in [-0.15, -0.1) is 5.10 Å². The first kappa shape index (κ1) is 15.5. The van der Waals surface area contributed by atoms with Crippen LogP contribution in [0.15, 0.2) is 36.3 Å². The zero-order valence-corrected chi connectivity index (χ0v) is 14.4. The lowest BCUT2D eigenvalue weighted by atomic mass is 10.1. The predicted molar refractivity (Wildman–Crippen MR) is 97.7 cm³/mol. The van der Waals surface area contributed by atoms with Gasteiger partial charge in [0, 0.05) is 6.08 Å². The minimum absolute atomic E-state index is 0.707. The number of nitrogens with zero attached hydrogens (tertiary/aromatic N) is 4. The van der Waals surface area contributed by atoms with E-state index >= 15 is 0 Å². The number of aryl methyl sites for hydroxylation is 1. The van der Waals surface area contributed by atoms with Gasteiger partial charge >= 0.3 is 0 Å². The van der Waals surface area contributed by atoms with Crippen LogP contribution in [-0.4, -0.2) is 41.3 Å². The van der Waals surface area contributed by atoms with E-state index in [-0.39, 0.29) is 0 Å². The fourth-order valence-electron chi connectivity index (χ4n) is 4.38. The Hall–Kier alpha value is -1.98. The van der Waals surface area contributed by atoms with E-state index in [0.717, 1.165) is 23.5 Å². The highest BCUT2D eigenvalue weighted by Gasteiger charge is 2.45. The molecule has 1 unspecified atom stereocenters. The van der Waals surface area contributed by atoms with E-state index in [9.17, 15) is 0 Å². The Morgan fingerprint density at radius 2 is 2.04 bits per heavy atom. The van der Waals surface area contributed by atoms with E-state index in [1.165, 1.54) is 56.7 Å². The van der Waals surface area contributed by atoms with E-state index in [1.54, 1.807) is 0 Å². The van der Waals surface area contributed by atoms with Gasteiger partial charge in [0.2, 0.25) is 0 Å². The maximum atomic E-state index is 6.46. The first-order valence-corrected chi connectivity index (χ1v) is 9.02. The number of hydrogen-bond acceptors (Lipinski definition) is 4. The molecule has 2 N–H and O–H groups in total. The molecule has 0 spiro atoms. The van der Waals surface area contributed by atoms with E-state index in [4.69, 9.17) is 5.73 Å². The topological polar surface area (TPSA) is 55.0 Å². The lowest BCUT2D eigenvalue weighted by Crippen LogP contribution is -2.43. The van der Waals surface area contributed by atoms with Crippen LogP contribution in [0, 0.1) is 6.92 Å². The molecule has 126 valence electrons. The van der Waals surface area contributed by atoms with Crippen molar-refractivity contribution in [3.8, 4) is 0 Å². The third-order valence-electron chi connectivity index (χ3n) is 5.53. The van der Waals surface area contributed by atoms with Gasteiger partial charge in [-0.2, -0.15) is 5.10 Å². The van der Waals surface area contributed by atoms with E-state index in [2.05, 4.69) is 39.5 Å². The fraction of sp³-hybridized carbons (Fsp3) is 0.474. The van der Waals surface area contributed by atoms with Crippen LogP contribution >= 0.6 is 0 Å².